The molecule has 1 amide bonds. The molecule has 3 atom stereocenters. The van der Waals surface area contributed by atoms with Crippen LogP contribution >= 0.6 is 0 Å². The lowest BCUT2D eigenvalue weighted by Crippen LogP contribution is -2.48. The first-order valence-electron chi connectivity index (χ1n) is 7.23. The minimum Gasteiger partial charge on any atom is -0.480 e. The van der Waals surface area contributed by atoms with Gasteiger partial charge in [-0.15, -0.1) is 0 Å². The normalized spacial score (nSPS) is 32.5. The molecule has 0 bridgehead atoms. The monoisotopic (exact) mass is 268 g/mol. The van der Waals surface area contributed by atoms with Crippen molar-refractivity contribution in [3.8, 4) is 0 Å². The number of nitrogens with zero attached hydrogens (tertiary/aromatic N) is 2. The van der Waals surface area contributed by atoms with Gasteiger partial charge in [-0.2, -0.15) is 0 Å². The number of carbonyl (C=O) groups is 2. The van der Waals surface area contributed by atoms with Crippen LogP contribution in [0.4, 0.5) is 0 Å². The van der Waals surface area contributed by atoms with Crippen LogP contribution in [0.15, 0.2) is 0 Å². The van der Waals surface area contributed by atoms with Crippen molar-refractivity contribution >= 4 is 11.9 Å². The molecule has 0 saturated carbocycles. The Balaban J connectivity index is 1.93. The van der Waals surface area contributed by atoms with E-state index in [0.29, 0.717) is 12.5 Å². The molecule has 0 aromatic heterocycles. The number of amides is 1. The number of carboxylic acid groups (broad SMARTS) is 1. The Bertz CT molecular complexity index is 359. The maximum Gasteiger partial charge on any atom is 0.321 e. The van der Waals surface area contributed by atoms with E-state index in [-0.39, 0.29) is 18.4 Å². The molecule has 0 aliphatic carbocycles. The number of hydrogen-bond donors (Lipinski definition) is 1. The maximum atomic E-state index is 12.3. The van der Waals surface area contributed by atoms with Gasteiger partial charge < -0.3 is 10.0 Å². The summed E-state index contributed by atoms with van der Waals surface area (Å²) in [6.45, 7) is 6.73. The van der Waals surface area contributed by atoms with Crippen LogP contribution in [0.2, 0.25) is 0 Å². The molecule has 2 aliphatic rings. The van der Waals surface area contributed by atoms with Crippen LogP contribution < -0.4 is 0 Å². The van der Waals surface area contributed by atoms with E-state index < -0.39 is 12.0 Å². The highest BCUT2D eigenvalue weighted by Crippen LogP contribution is 2.24. The summed E-state index contributed by atoms with van der Waals surface area (Å²) in [7, 11) is 0. The van der Waals surface area contributed by atoms with Gasteiger partial charge in [-0.25, -0.2) is 0 Å². The van der Waals surface area contributed by atoms with Crippen LogP contribution in [0, 0.1) is 11.8 Å². The fourth-order valence-corrected chi connectivity index (χ4v) is 3.29. The summed E-state index contributed by atoms with van der Waals surface area (Å²) in [5.74, 6) is -0.0206. The smallest absolute Gasteiger partial charge is 0.321 e. The highest BCUT2D eigenvalue weighted by molar-refractivity contribution is 5.80. The first kappa shape index (κ1) is 14.3. The van der Waals surface area contributed by atoms with E-state index in [2.05, 4.69) is 6.92 Å². The van der Waals surface area contributed by atoms with Gasteiger partial charge in [0.15, 0.2) is 0 Å². The van der Waals surface area contributed by atoms with Gasteiger partial charge in [0.2, 0.25) is 5.91 Å². The molecule has 2 heterocycles. The van der Waals surface area contributed by atoms with Gasteiger partial charge in [-0.1, -0.05) is 13.8 Å². The summed E-state index contributed by atoms with van der Waals surface area (Å²) in [5.41, 5.74) is 0. The lowest BCUT2D eigenvalue weighted by molar-refractivity contribution is -0.144. The molecule has 2 fully saturated rings. The number of likely N-dealkylation sites (tertiary alicyclic amines) is 2. The average Bonchev–Trinajstić information content (AvgIpc) is 2.70. The quantitative estimate of drug-likeness (QED) is 0.831. The van der Waals surface area contributed by atoms with Crippen molar-refractivity contribution in [1.82, 2.24) is 9.80 Å². The van der Waals surface area contributed by atoms with Crippen molar-refractivity contribution in [3.05, 3.63) is 0 Å². The molecule has 0 spiro atoms. The predicted octanol–water partition coefficient (Wildman–Crippen LogP) is 1.04. The molecule has 0 radical (unpaired) electrons. The molecule has 2 rings (SSSR count). The summed E-state index contributed by atoms with van der Waals surface area (Å²) in [6.07, 6.45) is 3.11. The highest BCUT2D eigenvalue weighted by Gasteiger charge is 2.38. The molecular formula is C14H24N2O3. The van der Waals surface area contributed by atoms with E-state index in [1.165, 1.54) is 6.42 Å². The van der Waals surface area contributed by atoms with Crippen LogP contribution in [-0.2, 0) is 9.59 Å². The third-order valence-electron chi connectivity index (χ3n) is 4.41. The summed E-state index contributed by atoms with van der Waals surface area (Å²) >= 11 is 0. The highest BCUT2D eigenvalue weighted by atomic mass is 16.4. The van der Waals surface area contributed by atoms with E-state index in [1.807, 2.05) is 16.7 Å². The Morgan fingerprint density at radius 3 is 2.58 bits per heavy atom. The minimum atomic E-state index is -0.801. The predicted molar refractivity (Wildman–Crippen MR) is 71.8 cm³/mol. The second-order valence-corrected chi connectivity index (χ2v) is 6.11. The van der Waals surface area contributed by atoms with Crippen molar-refractivity contribution in [3.63, 3.8) is 0 Å². The van der Waals surface area contributed by atoms with Gasteiger partial charge in [-0.05, 0) is 37.6 Å². The number of carboxylic acids is 1. The van der Waals surface area contributed by atoms with E-state index in [1.54, 1.807) is 0 Å². The Labute approximate surface area is 114 Å². The zero-order chi connectivity index (χ0) is 14.0. The van der Waals surface area contributed by atoms with Gasteiger partial charge in [-0.3, -0.25) is 14.5 Å². The molecule has 2 saturated heterocycles. The van der Waals surface area contributed by atoms with Crippen molar-refractivity contribution in [2.75, 3.05) is 26.2 Å². The second kappa shape index (κ2) is 5.90. The first-order chi connectivity index (χ1) is 8.99. The molecule has 1 N–H and O–H groups in total. The molecule has 5 heteroatoms. The second-order valence-electron chi connectivity index (χ2n) is 6.11. The Kier molecular flexibility index (Phi) is 4.45. The lowest BCUT2D eigenvalue weighted by Gasteiger charge is -2.33. The van der Waals surface area contributed by atoms with E-state index >= 15 is 0 Å². The maximum absolute atomic E-state index is 12.3. The van der Waals surface area contributed by atoms with Crippen LogP contribution in [0.1, 0.15) is 33.1 Å². The number of aliphatic carboxylic acids is 1. The summed E-state index contributed by atoms with van der Waals surface area (Å²) in [5, 5.41) is 9.25. The van der Waals surface area contributed by atoms with Crippen molar-refractivity contribution < 1.29 is 14.7 Å². The molecule has 0 aromatic rings. The van der Waals surface area contributed by atoms with Crippen LogP contribution in [0.25, 0.3) is 0 Å². The van der Waals surface area contributed by atoms with Crippen molar-refractivity contribution in [1.29, 1.82) is 0 Å². The third-order valence-corrected chi connectivity index (χ3v) is 4.41. The summed E-state index contributed by atoms with van der Waals surface area (Å²) < 4.78 is 0. The van der Waals surface area contributed by atoms with E-state index in [4.69, 9.17) is 0 Å². The number of hydrogen-bond acceptors (Lipinski definition) is 3. The van der Waals surface area contributed by atoms with Gasteiger partial charge in [0.25, 0.3) is 0 Å². The molecule has 3 unspecified atom stereocenters. The van der Waals surface area contributed by atoms with E-state index in [9.17, 15) is 14.7 Å². The zero-order valence-electron chi connectivity index (χ0n) is 11.8. The SMILES string of the molecule is CC1CCCN(C(=O)CN2CCC(C)C2C(=O)O)C1. The van der Waals surface area contributed by atoms with Gasteiger partial charge in [0, 0.05) is 13.1 Å². The molecule has 5 nitrogen and oxygen atoms in total. The van der Waals surface area contributed by atoms with Gasteiger partial charge >= 0.3 is 5.97 Å². The molecular weight excluding hydrogens is 244 g/mol. The molecule has 0 aromatic carbocycles. The molecule has 108 valence electrons. The largest absolute Gasteiger partial charge is 0.480 e. The Morgan fingerprint density at radius 2 is 1.95 bits per heavy atom. The van der Waals surface area contributed by atoms with Gasteiger partial charge in [0.05, 0.1) is 6.54 Å². The summed E-state index contributed by atoms with van der Waals surface area (Å²) in [6, 6.07) is -0.494. The zero-order valence-corrected chi connectivity index (χ0v) is 11.8. The topological polar surface area (TPSA) is 60.9 Å². The third kappa shape index (κ3) is 3.26. The molecule has 19 heavy (non-hydrogen) atoms. The van der Waals surface area contributed by atoms with Crippen molar-refractivity contribution in [2.24, 2.45) is 11.8 Å². The molecule has 2 aliphatic heterocycles. The fraction of sp³-hybridized carbons (Fsp3) is 0.857. The van der Waals surface area contributed by atoms with Gasteiger partial charge in [0.1, 0.15) is 6.04 Å². The van der Waals surface area contributed by atoms with Crippen LogP contribution in [-0.4, -0.2) is 59.0 Å². The standard InChI is InChI=1S/C14H24N2O3/c1-10-4-3-6-15(8-10)12(17)9-16-7-5-11(2)13(16)14(18)19/h10-11,13H,3-9H2,1-2H3,(H,18,19). The lowest BCUT2D eigenvalue weighted by atomic mass is 10.0. The summed E-state index contributed by atoms with van der Waals surface area (Å²) in [4.78, 5) is 27.3. The van der Waals surface area contributed by atoms with E-state index in [0.717, 1.165) is 25.9 Å². The first-order valence-corrected chi connectivity index (χ1v) is 7.23. The number of carbonyl (C=O) groups excluding carboxylic acids is 1. The minimum absolute atomic E-state index is 0.0897. The average molecular weight is 268 g/mol. The fourth-order valence-electron chi connectivity index (χ4n) is 3.29. The van der Waals surface area contributed by atoms with Crippen LogP contribution in [0.5, 0.6) is 0 Å². The Morgan fingerprint density at radius 1 is 1.21 bits per heavy atom. The Hall–Kier alpha value is -1.10. The van der Waals surface area contributed by atoms with Crippen molar-refractivity contribution in [2.45, 2.75) is 39.2 Å². The van der Waals surface area contributed by atoms with Crippen LogP contribution in [0.3, 0.4) is 0 Å². The number of rotatable bonds is 3. The number of piperidine rings is 1.